The first-order valence-corrected chi connectivity index (χ1v) is 10.1. The molecular formula is C23H29N3O4. The fourth-order valence-electron chi connectivity index (χ4n) is 3.86. The summed E-state index contributed by atoms with van der Waals surface area (Å²) in [6, 6.07) is 15.2. The molecule has 2 atom stereocenters. The van der Waals surface area contributed by atoms with Gasteiger partial charge in [-0.05, 0) is 30.7 Å². The lowest BCUT2D eigenvalue weighted by Gasteiger charge is -2.21. The Morgan fingerprint density at radius 1 is 1.03 bits per heavy atom. The first-order valence-electron chi connectivity index (χ1n) is 10.1. The van der Waals surface area contributed by atoms with Crippen LogP contribution in [-0.4, -0.2) is 50.7 Å². The predicted molar refractivity (Wildman–Crippen MR) is 115 cm³/mol. The number of hydrogen-bond donors (Lipinski definition) is 2. The summed E-state index contributed by atoms with van der Waals surface area (Å²) in [4.78, 5) is 27.3. The van der Waals surface area contributed by atoms with Crippen molar-refractivity contribution in [1.82, 2.24) is 15.5 Å². The second kappa shape index (κ2) is 10.0. The Morgan fingerprint density at radius 3 is 2.47 bits per heavy atom. The normalized spacial score (nSPS) is 18.0. The molecule has 1 fully saturated rings. The molecule has 2 aromatic rings. The Balaban J connectivity index is 1.85. The molecule has 2 N–H and O–H groups in total. The summed E-state index contributed by atoms with van der Waals surface area (Å²) in [6.45, 7) is 3.63. The number of amides is 3. The van der Waals surface area contributed by atoms with Crippen LogP contribution in [0.1, 0.15) is 24.0 Å². The summed E-state index contributed by atoms with van der Waals surface area (Å²) in [7, 11) is 3.21. The van der Waals surface area contributed by atoms with Crippen LogP contribution in [0.2, 0.25) is 0 Å². The SMILES string of the molecule is CCNC(=O)N1C[C@@H](C(=O)NCc2ccccc2)[C@H](c2cc(OC)ccc2OC)C1. The monoisotopic (exact) mass is 411 g/mol. The van der Waals surface area contributed by atoms with Crippen molar-refractivity contribution in [3.05, 3.63) is 59.7 Å². The summed E-state index contributed by atoms with van der Waals surface area (Å²) in [5.41, 5.74) is 1.89. The van der Waals surface area contributed by atoms with Crippen LogP contribution in [0.5, 0.6) is 11.5 Å². The van der Waals surface area contributed by atoms with E-state index < -0.39 is 5.92 Å². The predicted octanol–water partition coefficient (Wildman–Crippen LogP) is 2.77. The van der Waals surface area contributed by atoms with Crippen molar-refractivity contribution in [3.63, 3.8) is 0 Å². The van der Waals surface area contributed by atoms with Crippen LogP contribution >= 0.6 is 0 Å². The Bertz CT molecular complexity index is 872. The second-order valence-corrected chi connectivity index (χ2v) is 7.26. The average molecular weight is 412 g/mol. The zero-order valence-corrected chi connectivity index (χ0v) is 17.7. The molecule has 1 heterocycles. The van der Waals surface area contributed by atoms with Gasteiger partial charge in [-0.15, -0.1) is 0 Å². The number of carbonyl (C=O) groups is 2. The van der Waals surface area contributed by atoms with E-state index in [0.29, 0.717) is 37.7 Å². The molecule has 3 amide bonds. The number of nitrogens with zero attached hydrogens (tertiary/aromatic N) is 1. The topological polar surface area (TPSA) is 79.9 Å². The Hall–Kier alpha value is -3.22. The van der Waals surface area contributed by atoms with Crippen LogP contribution in [-0.2, 0) is 11.3 Å². The van der Waals surface area contributed by atoms with Crippen molar-refractivity contribution in [2.75, 3.05) is 33.9 Å². The van der Waals surface area contributed by atoms with Gasteiger partial charge < -0.3 is 25.0 Å². The zero-order valence-electron chi connectivity index (χ0n) is 17.7. The maximum absolute atomic E-state index is 13.1. The number of methoxy groups -OCH3 is 2. The summed E-state index contributed by atoms with van der Waals surface area (Å²) in [5, 5.41) is 5.86. The lowest BCUT2D eigenvalue weighted by molar-refractivity contribution is -0.125. The highest BCUT2D eigenvalue weighted by Gasteiger charge is 2.41. The van der Waals surface area contributed by atoms with Gasteiger partial charge in [-0.2, -0.15) is 0 Å². The molecule has 7 nitrogen and oxygen atoms in total. The Morgan fingerprint density at radius 2 is 1.80 bits per heavy atom. The van der Waals surface area contributed by atoms with Crippen LogP contribution in [0, 0.1) is 5.92 Å². The third-order valence-corrected chi connectivity index (χ3v) is 5.42. The maximum Gasteiger partial charge on any atom is 0.317 e. The van der Waals surface area contributed by atoms with Crippen molar-refractivity contribution in [2.24, 2.45) is 5.92 Å². The zero-order chi connectivity index (χ0) is 21.5. The van der Waals surface area contributed by atoms with E-state index in [4.69, 9.17) is 9.47 Å². The number of ether oxygens (including phenoxy) is 2. The molecule has 7 heteroatoms. The summed E-state index contributed by atoms with van der Waals surface area (Å²) < 4.78 is 10.9. The van der Waals surface area contributed by atoms with Gasteiger partial charge >= 0.3 is 6.03 Å². The van der Waals surface area contributed by atoms with Crippen LogP contribution in [0.25, 0.3) is 0 Å². The molecule has 160 valence electrons. The van der Waals surface area contributed by atoms with E-state index in [-0.39, 0.29) is 17.9 Å². The van der Waals surface area contributed by atoms with Crippen molar-refractivity contribution >= 4 is 11.9 Å². The maximum atomic E-state index is 13.1. The fourth-order valence-corrected chi connectivity index (χ4v) is 3.86. The molecule has 0 aliphatic carbocycles. The molecule has 1 saturated heterocycles. The van der Waals surface area contributed by atoms with E-state index in [9.17, 15) is 9.59 Å². The largest absolute Gasteiger partial charge is 0.497 e. The minimum Gasteiger partial charge on any atom is -0.497 e. The second-order valence-electron chi connectivity index (χ2n) is 7.26. The number of benzene rings is 2. The molecule has 3 rings (SSSR count). The minimum absolute atomic E-state index is 0.0828. The van der Waals surface area contributed by atoms with Gasteiger partial charge in [0.2, 0.25) is 5.91 Å². The van der Waals surface area contributed by atoms with E-state index in [1.54, 1.807) is 19.1 Å². The molecule has 0 spiro atoms. The van der Waals surface area contributed by atoms with E-state index in [0.717, 1.165) is 11.1 Å². The Labute approximate surface area is 177 Å². The van der Waals surface area contributed by atoms with Gasteiger partial charge in [0.1, 0.15) is 11.5 Å². The van der Waals surface area contributed by atoms with Gasteiger partial charge in [0.25, 0.3) is 0 Å². The van der Waals surface area contributed by atoms with Gasteiger partial charge in [-0.25, -0.2) is 4.79 Å². The van der Waals surface area contributed by atoms with E-state index in [1.807, 2.05) is 55.5 Å². The highest BCUT2D eigenvalue weighted by molar-refractivity contribution is 5.83. The van der Waals surface area contributed by atoms with Gasteiger partial charge in [0.05, 0.1) is 20.1 Å². The molecule has 0 saturated carbocycles. The molecule has 0 bridgehead atoms. The first kappa shape index (κ1) is 21.5. The number of urea groups is 1. The van der Waals surface area contributed by atoms with Crippen LogP contribution in [0.15, 0.2) is 48.5 Å². The van der Waals surface area contributed by atoms with Gasteiger partial charge in [0, 0.05) is 37.7 Å². The lowest BCUT2D eigenvalue weighted by Crippen LogP contribution is -2.39. The molecule has 1 aliphatic rings. The smallest absolute Gasteiger partial charge is 0.317 e. The van der Waals surface area contributed by atoms with E-state index in [2.05, 4.69) is 10.6 Å². The quantitative estimate of drug-likeness (QED) is 0.734. The van der Waals surface area contributed by atoms with Crippen molar-refractivity contribution in [2.45, 2.75) is 19.4 Å². The number of likely N-dealkylation sites (tertiary alicyclic amines) is 1. The van der Waals surface area contributed by atoms with Crippen molar-refractivity contribution < 1.29 is 19.1 Å². The number of nitrogens with one attached hydrogen (secondary N) is 2. The van der Waals surface area contributed by atoms with Gasteiger partial charge in [0.15, 0.2) is 0 Å². The molecule has 2 aromatic carbocycles. The average Bonchev–Trinajstić information content (AvgIpc) is 3.23. The molecule has 30 heavy (non-hydrogen) atoms. The third kappa shape index (κ3) is 4.84. The number of hydrogen-bond acceptors (Lipinski definition) is 4. The molecule has 1 aliphatic heterocycles. The molecular weight excluding hydrogens is 382 g/mol. The standard InChI is InChI=1S/C23H29N3O4/c1-4-24-23(28)26-14-19(18-12-17(29-2)10-11-21(18)30-3)20(15-26)22(27)25-13-16-8-6-5-7-9-16/h5-12,19-20H,4,13-15H2,1-3H3,(H,24,28)(H,25,27)/t19-,20+/m0/s1. The third-order valence-electron chi connectivity index (χ3n) is 5.42. The highest BCUT2D eigenvalue weighted by Crippen LogP contribution is 2.39. The van der Waals surface area contributed by atoms with Crippen molar-refractivity contribution in [3.8, 4) is 11.5 Å². The van der Waals surface area contributed by atoms with E-state index in [1.165, 1.54) is 0 Å². The highest BCUT2D eigenvalue weighted by atomic mass is 16.5. The summed E-state index contributed by atoms with van der Waals surface area (Å²) >= 11 is 0. The van der Waals surface area contributed by atoms with Gasteiger partial charge in [-0.1, -0.05) is 30.3 Å². The van der Waals surface area contributed by atoms with Crippen LogP contribution in [0.4, 0.5) is 4.79 Å². The summed E-state index contributed by atoms with van der Waals surface area (Å²) in [5.74, 6) is 0.691. The number of carbonyl (C=O) groups excluding carboxylic acids is 2. The summed E-state index contributed by atoms with van der Waals surface area (Å²) in [6.07, 6.45) is 0. The molecule has 0 radical (unpaired) electrons. The Kier molecular flexibility index (Phi) is 7.17. The van der Waals surface area contributed by atoms with Crippen molar-refractivity contribution in [1.29, 1.82) is 0 Å². The van der Waals surface area contributed by atoms with E-state index >= 15 is 0 Å². The lowest BCUT2D eigenvalue weighted by atomic mass is 9.87. The number of rotatable bonds is 7. The first-order chi connectivity index (χ1) is 14.6. The van der Waals surface area contributed by atoms with Crippen LogP contribution < -0.4 is 20.1 Å². The fraction of sp³-hybridized carbons (Fsp3) is 0.391. The minimum atomic E-state index is -0.391. The molecule has 0 aromatic heterocycles. The molecule has 0 unspecified atom stereocenters. The van der Waals surface area contributed by atoms with Gasteiger partial charge in [-0.3, -0.25) is 4.79 Å². The van der Waals surface area contributed by atoms with Crippen LogP contribution in [0.3, 0.4) is 0 Å².